The molecule has 0 unspecified atom stereocenters. The van der Waals surface area contributed by atoms with Gasteiger partial charge in [0, 0.05) is 45.8 Å². The normalized spacial score (nSPS) is 16.5. The van der Waals surface area contributed by atoms with Crippen LogP contribution in [-0.4, -0.2) is 84.6 Å². The number of guanidine groups is 1. The van der Waals surface area contributed by atoms with E-state index in [1.54, 1.807) is 0 Å². The van der Waals surface area contributed by atoms with Crippen molar-refractivity contribution in [3.8, 4) is 0 Å². The molecular weight excluding hydrogens is 445 g/mol. The predicted molar refractivity (Wildman–Crippen MR) is 109 cm³/mol. The van der Waals surface area contributed by atoms with Gasteiger partial charge in [0.1, 0.15) is 0 Å². The molecule has 0 saturated carbocycles. The molecule has 0 bridgehead atoms. The Morgan fingerprint density at radius 1 is 1.17 bits per heavy atom. The number of aliphatic imine (C=N–C) groups is 1. The number of halogens is 1. The molecule has 0 radical (unpaired) electrons. The fourth-order valence-electron chi connectivity index (χ4n) is 2.20. The molecule has 0 aromatic carbocycles. The van der Waals surface area contributed by atoms with Gasteiger partial charge in [0.2, 0.25) is 10.0 Å². The minimum absolute atomic E-state index is 0. The van der Waals surface area contributed by atoms with Gasteiger partial charge < -0.3 is 15.4 Å². The van der Waals surface area contributed by atoms with Crippen LogP contribution in [0.15, 0.2) is 4.99 Å². The summed E-state index contributed by atoms with van der Waals surface area (Å²) in [6.07, 6.45) is 2.90. The fourth-order valence-corrected chi connectivity index (χ4v) is 2.72. The van der Waals surface area contributed by atoms with Crippen LogP contribution in [-0.2, 0) is 14.8 Å². The van der Waals surface area contributed by atoms with Crippen molar-refractivity contribution < 1.29 is 13.2 Å². The van der Waals surface area contributed by atoms with E-state index >= 15 is 0 Å². The first-order chi connectivity index (χ1) is 11.0. The molecule has 1 heterocycles. The van der Waals surface area contributed by atoms with Gasteiger partial charge in [0.15, 0.2) is 5.96 Å². The third-order valence-electron chi connectivity index (χ3n) is 3.36. The van der Waals surface area contributed by atoms with Crippen molar-refractivity contribution in [2.75, 3.05) is 65.3 Å². The van der Waals surface area contributed by atoms with Crippen LogP contribution in [0, 0.1) is 0 Å². The first-order valence-electron chi connectivity index (χ1n) is 8.28. The molecule has 0 aliphatic carbocycles. The van der Waals surface area contributed by atoms with E-state index in [2.05, 4.69) is 25.2 Å². The van der Waals surface area contributed by atoms with Crippen LogP contribution in [0.25, 0.3) is 0 Å². The van der Waals surface area contributed by atoms with Gasteiger partial charge in [0.05, 0.1) is 19.5 Å². The van der Waals surface area contributed by atoms with Gasteiger partial charge in [-0.1, -0.05) is 0 Å². The Kier molecular flexibility index (Phi) is 13.9. The monoisotopic (exact) mass is 477 g/mol. The van der Waals surface area contributed by atoms with Crippen LogP contribution in [0.4, 0.5) is 0 Å². The largest absolute Gasteiger partial charge is 0.379 e. The Labute approximate surface area is 163 Å². The van der Waals surface area contributed by atoms with E-state index in [1.165, 1.54) is 6.26 Å². The highest BCUT2D eigenvalue weighted by Gasteiger charge is 2.09. The molecule has 3 N–H and O–H groups in total. The first kappa shape index (κ1) is 23.8. The number of nitrogens with zero attached hydrogens (tertiary/aromatic N) is 2. The van der Waals surface area contributed by atoms with Gasteiger partial charge in [-0.3, -0.25) is 9.89 Å². The number of rotatable bonds is 10. The SMILES string of the molecule is CCNC(=NCCCN1CCOCC1)NCCCNS(C)(=O)=O.I. The third-order valence-corrected chi connectivity index (χ3v) is 4.09. The second kappa shape index (κ2) is 14.0. The summed E-state index contributed by atoms with van der Waals surface area (Å²) >= 11 is 0. The molecular formula is C14H32IN5O3S. The van der Waals surface area contributed by atoms with Crippen molar-refractivity contribution in [3.05, 3.63) is 0 Å². The lowest BCUT2D eigenvalue weighted by Crippen LogP contribution is -2.39. The van der Waals surface area contributed by atoms with Crippen molar-refractivity contribution in [1.29, 1.82) is 0 Å². The van der Waals surface area contributed by atoms with E-state index in [-0.39, 0.29) is 24.0 Å². The molecule has 1 rings (SSSR count). The average Bonchev–Trinajstić information content (AvgIpc) is 2.51. The lowest BCUT2D eigenvalue weighted by molar-refractivity contribution is 0.0377. The van der Waals surface area contributed by atoms with Crippen molar-refractivity contribution in [2.24, 2.45) is 4.99 Å². The smallest absolute Gasteiger partial charge is 0.208 e. The molecule has 1 saturated heterocycles. The summed E-state index contributed by atoms with van der Waals surface area (Å²) < 4.78 is 29.7. The van der Waals surface area contributed by atoms with E-state index in [0.717, 1.165) is 58.3 Å². The molecule has 0 aromatic rings. The summed E-state index contributed by atoms with van der Waals surface area (Å²) in [6.45, 7) is 9.43. The van der Waals surface area contributed by atoms with Crippen LogP contribution in [0.1, 0.15) is 19.8 Å². The third kappa shape index (κ3) is 13.2. The second-order valence-corrected chi connectivity index (χ2v) is 7.35. The minimum atomic E-state index is -3.10. The molecule has 0 atom stereocenters. The van der Waals surface area contributed by atoms with E-state index in [4.69, 9.17) is 4.74 Å². The summed E-state index contributed by atoms with van der Waals surface area (Å²) in [5.41, 5.74) is 0. The van der Waals surface area contributed by atoms with Crippen molar-refractivity contribution in [1.82, 2.24) is 20.3 Å². The summed E-state index contributed by atoms with van der Waals surface area (Å²) in [6, 6.07) is 0. The zero-order valence-electron chi connectivity index (χ0n) is 14.7. The first-order valence-corrected chi connectivity index (χ1v) is 10.2. The number of sulfonamides is 1. The van der Waals surface area contributed by atoms with Crippen LogP contribution >= 0.6 is 24.0 Å². The molecule has 1 aliphatic heterocycles. The Morgan fingerprint density at radius 3 is 2.50 bits per heavy atom. The average molecular weight is 477 g/mol. The van der Waals surface area contributed by atoms with E-state index < -0.39 is 10.0 Å². The quantitative estimate of drug-likeness (QED) is 0.175. The highest BCUT2D eigenvalue weighted by molar-refractivity contribution is 14.0. The zero-order chi connectivity index (χ0) is 17.0. The molecule has 24 heavy (non-hydrogen) atoms. The molecule has 0 amide bonds. The van der Waals surface area contributed by atoms with Gasteiger partial charge in [0.25, 0.3) is 0 Å². The molecule has 144 valence electrons. The number of hydrogen-bond donors (Lipinski definition) is 3. The molecule has 0 aromatic heterocycles. The maximum Gasteiger partial charge on any atom is 0.208 e. The van der Waals surface area contributed by atoms with Gasteiger partial charge in [-0.2, -0.15) is 0 Å². The molecule has 8 nitrogen and oxygen atoms in total. The molecule has 1 fully saturated rings. The maximum absolute atomic E-state index is 11.0. The van der Waals surface area contributed by atoms with Gasteiger partial charge in [-0.15, -0.1) is 24.0 Å². The van der Waals surface area contributed by atoms with E-state index in [9.17, 15) is 8.42 Å². The topological polar surface area (TPSA) is 95.1 Å². The van der Waals surface area contributed by atoms with Crippen molar-refractivity contribution >= 4 is 40.0 Å². The molecule has 1 aliphatic rings. The highest BCUT2D eigenvalue weighted by atomic mass is 127. The summed E-state index contributed by atoms with van der Waals surface area (Å²) in [4.78, 5) is 6.94. The maximum atomic E-state index is 11.0. The fraction of sp³-hybridized carbons (Fsp3) is 0.929. The molecule has 10 heteroatoms. The Hall–Kier alpha value is -0.170. The summed E-state index contributed by atoms with van der Waals surface area (Å²) in [5.74, 6) is 0.786. The van der Waals surface area contributed by atoms with Crippen LogP contribution in [0.3, 0.4) is 0 Å². The Morgan fingerprint density at radius 2 is 1.88 bits per heavy atom. The second-order valence-electron chi connectivity index (χ2n) is 5.52. The number of nitrogens with one attached hydrogen (secondary N) is 3. The Balaban J connectivity index is 0.00000529. The summed E-state index contributed by atoms with van der Waals surface area (Å²) in [7, 11) is -3.10. The highest BCUT2D eigenvalue weighted by Crippen LogP contribution is 1.98. The van der Waals surface area contributed by atoms with Crippen molar-refractivity contribution in [3.63, 3.8) is 0 Å². The predicted octanol–water partition coefficient (Wildman–Crippen LogP) is -0.179. The van der Waals surface area contributed by atoms with E-state index in [0.29, 0.717) is 19.5 Å². The Bertz CT molecular complexity index is 442. The van der Waals surface area contributed by atoms with Crippen LogP contribution < -0.4 is 15.4 Å². The number of morpholine rings is 1. The van der Waals surface area contributed by atoms with E-state index in [1.807, 2.05) is 6.92 Å². The lowest BCUT2D eigenvalue weighted by Gasteiger charge is -2.26. The van der Waals surface area contributed by atoms with Gasteiger partial charge in [-0.25, -0.2) is 13.1 Å². The standard InChI is InChI=1S/C14H31N5O3S.HI/c1-3-15-14(16-6-4-8-18-23(2,20)21)17-7-5-9-19-10-12-22-13-11-19;/h18H,3-13H2,1-2H3,(H2,15,16,17);1H. The van der Waals surface area contributed by atoms with Gasteiger partial charge >= 0.3 is 0 Å². The number of ether oxygens (including phenoxy) is 1. The zero-order valence-corrected chi connectivity index (χ0v) is 17.9. The van der Waals surface area contributed by atoms with Crippen LogP contribution in [0.5, 0.6) is 0 Å². The minimum Gasteiger partial charge on any atom is -0.379 e. The van der Waals surface area contributed by atoms with Crippen LogP contribution in [0.2, 0.25) is 0 Å². The summed E-state index contributed by atoms with van der Waals surface area (Å²) in [5, 5.41) is 6.41. The lowest BCUT2D eigenvalue weighted by atomic mass is 10.3. The molecule has 0 spiro atoms. The van der Waals surface area contributed by atoms with Crippen molar-refractivity contribution in [2.45, 2.75) is 19.8 Å². The van der Waals surface area contributed by atoms with Gasteiger partial charge in [-0.05, 0) is 19.8 Å². The number of hydrogen-bond acceptors (Lipinski definition) is 5.